The predicted molar refractivity (Wildman–Crippen MR) is 167 cm³/mol. The van der Waals surface area contributed by atoms with Gasteiger partial charge in [-0.15, -0.1) is 0 Å². The van der Waals surface area contributed by atoms with Gasteiger partial charge >= 0.3 is 5.97 Å². The number of methoxy groups -OCH3 is 1. The zero-order valence-corrected chi connectivity index (χ0v) is 25.8. The minimum Gasteiger partial charge on any atom is -0.497 e. The Hall–Kier alpha value is -4.34. The van der Waals surface area contributed by atoms with E-state index >= 15 is 0 Å². The standard InChI is InChI=1S/C33H31ClN2O6S/c1-5-40-32(38)29-21(3)35-33-36(30(29)23-8-12-24(39-4)13-9-23)31(37)28(43-33)19-22-6-10-25(11-7-22)41-16-17-42-26-14-15-27(34)20(2)18-26/h6-15,18-19,30H,5,16-17H2,1-4H3/b28-19+. The monoisotopic (exact) mass is 618 g/mol. The van der Waals surface area contributed by atoms with Gasteiger partial charge in [0.25, 0.3) is 5.56 Å². The number of hydrogen-bond donors (Lipinski definition) is 0. The quantitative estimate of drug-likeness (QED) is 0.179. The van der Waals surface area contributed by atoms with Crippen LogP contribution in [-0.4, -0.2) is 37.5 Å². The summed E-state index contributed by atoms with van der Waals surface area (Å²) in [7, 11) is 1.59. The molecular formula is C33H31ClN2O6S. The van der Waals surface area contributed by atoms with Crippen LogP contribution < -0.4 is 29.1 Å². The summed E-state index contributed by atoms with van der Waals surface area (Å²) in [5, 5.41) is 0.700. The topological polar surface area (TPSA) is 88.4 Å². The molecule has 0 saturated heterocycles. The molecule has 222 valence electrons. The number of esters is 1. The van der Waals surface area contributed by atoms with Gasteiger partial charge in [-0.25, -0.2) is 9.79 Å². The first-order chi connectivity index (χ1) is 20.8. The Balaban J connectivity index is 1.37. The molecule has 0 saturated carbocycles. The first-order valence-corrected chi connectivity index (χ1v) is 14.9. The number of carbonyl (C=O) groups is 1. The molecule has 1 aliphatic heterocycles. The van der Waals surface area contributed by atoms with Crippen LogP contribution in [0.15, 0.2) is 87.8 Å². The van der Waals surface area contributed by atoms with Crippen LogP contribution in [0.4, 0.5) is 0 Å². The third-order valence-electron chi connectivity index (χ3n) is 6.88. The molecule has 3 aromatic carbocycles. The molecule has 1 unspecified atom stereocenters. The van der Waals surface area contributed by atoms with E-state index in [-0.39, 0.29) is 12.2 Å². The lowest BCUT2D eigenvalue weighted by atomic mass is 9.96. The summed E-state index contributed by atoms with van der Waals surface area (Å²) in [6, 6.07) is 19.6. The predicted octanol–water partition coefficient (Wildman–Crippen LogP) is 5.23. The minimum absolute atomic E-state index is 0.212. The first-order valence-electron chi connectivity index (χ1n) is 13.7. The Labute approximate surface area is 258 Å². The Bertz CT molecular complexity index is 1840. The zero-order chi connectivity index (χ0) is 30.5. The number of aromatic nitrogens is 1. The highest BCUT2D eigenvalue weighted by Crippen LogP contribution is 2.31. The number of fused-ring (bicyclic) bond motifs is 1. The molecule has 8 nitrogen and oxygen atoms in total. The highest BCUT2D eigenvalue weighted by molar-refractivity contribution is 7.07. The summed E-state index contributed by atoms with van der Waals surface area (Å²) in [6.45, 7) is 6.40. The number of halogens is 1. The number of nitrogens with zero attached hydrogens (tertiary/aromatic N) is 2. The third kappa shape index (κ3) is 6.68. The molecular weight excluding hydrogens is 588 g/mol. The van der Waals surface area contributed by atoms with Crippen molar-refractivity contribution in [3.8, 4) is 17.2 Å². The molecule has 2 heterocycles. The summed E-state index contributed by atoms with van der Waals surface area (Å²) in [6.07, 6.45) is 1.81. The van der Waals surface area contributed by atoms with Gasteiger partial charge in [-0.1, -0.05) is 47.2 Å². The Kier molecular flexibility index (Phi) is 9.33. The van der Waals surface area contributed by atoms with Crippen molar-refractivity contribution < 1.29 is 23.7 Å². The lowest BCUT2D eigenvalue weighted by molar-refractivity contribution is -0.139. The van der Waals surface area contributed by atoms with Gasteiger partial charge in [0.05, 0.1) is 35.6 Å². The second kappa shape index (κ2) is 13.3. The molecule has 0 radical (unpaired) electrons. The number of rotatable bonds is 10. The van der Waals surface area contributed by atoms with Crippen molar-refractivity contribution in [3.63, 3.8) is 0 Å². The van der Waals surface area contributed by atoms with Gasteiger partial charge < -0.3 is 18.9 Å². The van der Waals surface area contributed by atoms with Crippen molar-refractivity contribution in [2.45, 2.75) is 26.8 Å². The SMILES string of the molecule is CCOC(=O)C1=C(C)N=c2s/c(=C/c3ccc(OCCOc4ccc(Cl)c(C)c4)cc3)c(=O)n2C1c1ccc(OC)cc1. The fourth-order valence-corrected chi connectivity index (χ4v) is 5.89. The fourth-order valence-electron chi connectivity index (χ4n) is 4.73. The number of allylic oxidation sites excluding steroid dienone is 1. The van der Waals surface area contributed by atoms with E-state index < -0.39 is 12.0 Å². The van der Waals surface area contributed by atoms with Gasteiger partial charge in [-0.3, -0.25) is 9.36 Å². The molecule has 0 bridgehead atoms. The summed E-state index contributed by atoms with van der Waals surface area (Å²) < 4.78 is 24.3. The maximum atomic E-state index is 13.8. The number of hydrogen-bond acceptors (Lipinski definition) is 8. The highest BCUT2D eigenvalue weighted by Gasteiger charge is 2.33. The molecule has 4 aromatic rings. The molecule has 1 aliphatic rings. The van der Waals surface area contributed by atoms with E-state index in [2.05, 4.69) is 4.99 Å². The number of thiazole rings is 1. The molecule has 1 atom stereocenters. The van der Waals surface area contributed by atoms with Gasteiger partial charge in [-0.2, -0.15) is 0 Å². The fraction of sp³-hybridized carbons (Fsp3) is 0.242. The molecule has 5 rings (SSSR count). The summed E-state index contributed by atoms with van der Waals surface area (Å²) in [4.78, 5) is 32.0. The second-order valence-corrected chi connectivity index (χ2v) is 11.2. The summed E-state index contributed by atoms with van der Waals surface area (Å²) in [5.74, 6) is 1.60. The molecule has 0 amide bonds. The van der Waals surface area contributed by atoms with Crippen molar-refractivity contribution in [3.05, 3.63) is 119 Å². The van der Waals surface area contributed by atoms with Crippen molar-refractivity contribution >= 4 is 35.0 Å². The number of benzene rings is 3. The normalized spacial score (nSPS) is 14.6. The van der Waals surface area contributed by atoms with Gasteiger partial charge in [0, 0.05) is 5.02 Å². The number of carbonyl (C=O) groups excluding carboxylic acids is 1. The molecule has 43 heavy (non-hydrogen) atoms. The van der Waals surface area contributed by atoms with Gasteiger partial charge in [-0.05, 0) is 86.0 Å². The smallest absolute Gasteiger partial charge is 0.338 e. The summed E-state index contributed by atoms with van der Waals surface area (Å²) in [5.41, 5.74) is 3.14. The van der Waals surface area contributed by atoms with Crippen molar-refractivity contribution in [1.82, 2.24) is 4.57 Å². The van der Waals surface area contributed by atoms with Crippen LogP contribution in [0.1, 0.15) is 36.6 Å². The van der Waals surface area contributed by atoms with E-state index in [1.165, 1.54) is 11.3 Å². The lowest BCUT2D eigenvalue weighted by Crippen LogP contribution is -2.39. The second-order valence-electron chi connectivity index (χ2n) is 9.75. The van der Waals surface area contributed by atoms with Crippen LogP contribution in [0.25, 0.3) is 6.08 Å². The molecule has 10 heteroatoms. The zero-order valence-electron chi connectivity index (χ0n) is 24.3. The van der Waals surface area contributed by atoms with Crippen molar-refractivity contribution in [1.29, 1.82) is 0 Å². The van der Waals surface area contributed by atoms with E-state index in [9.17, 15) is 9.59 Å². The van der Waals surface area contributed by atoms with E-state index in [0.29, 0.717) is 50.3 Å². The Morgan fingerprint density at radius 1 is 0.977 bits per heavy atom. The van der Waals surface area contributed by atoms with E-state index in [4.69, 9.17) is 30.5 Å². The maximum absolute atomic E-state index is 13.8. The lowest BCUT2D eigenvalue weighted by Gasteiger charge is -2.24. The highest BCUT2D eigenvalue weighted by atomic mass is 35.5. The van der Waals surface area contributed by atoms with Gasteiger partial charge in [0.1, 0.15) is 30.5 Å². The largest absolute Gasteiger partial charge is 0.497 e. The van der Waals surface area contributed by atoms with E-state index in [1.54, 1.807) is 37.7 Å². The van der Waals surface area contributed by atoms with E-state index in [1.807, 2.05) is 67.6 Å². The average Bonchev–Trinajstić information content (AvgIpc) is 3.31. The average molecular weight is 619 g/mol. The maximum Gasteiger partial charge on any atom is 0.338 e. The number of aryl methyl sites for hydroxylation is 1. The van der Waals surface area contributed by atoms with Crippen LogP contribution in [0.3, 0.4) is 0 Å². The first kappa shape index (κ1) is 30.1. The minimum atomic E-state index is -0.682. The van der Waals surface area contributed by atoms with Crippen LogP contribution >= 0.6 is 22.9 Å². The van der Waals surface area contributed by atoms with Gasteiger partial charge in [0.2, 0.25) is 0 Å². The number of ether oxygens (including phenoxy) is 4. The Morgan fingerprint density at radius 3 is 2.28 bits per heavy atom. The van der Waals surface area contributed by atoms with Crippen LogP contribution in [0.2, 0.25) is 5.02 Å². The molecule has 0 aliphatic carbocycles. The molecule has 0 N–H and O–H groups in total. The van der Waals surface area contributed by atoms with Crippen molar-refractivity contribution in [2.24, 2.45) is 4.99 Å². The van der Waals surface area contributed by atoms with Crippen LogP contribution in [0, 0.1) is 6.92 Å². The third-order valence-corrected chi connectivity index (χ3v) is 8.28. The Morgan fingerprint density at radius 2 is 1.63 bits per heavy atom. The van der Waals surface area contributed by atoms with Crippen LogP contribution in [-0.2, 0) is 9.53 Å². The van der Waals surface area contributed by atoms with Crippen LogP contribution in [0.5, 0.6) is 17.2 Å². The van der Waals surface area contributed by atoms with E-state index in [0.717, 1.165) is 22.4 Å². The van der Waals surface area contributed by atoms with Gasteiger partial charge in [0.15, 0.2) is 4.80 Å². The molecule has 0 spiro atoms. The summed E-state index contributed by atoms with van der Waals surface area (Å²) >= 11 is 7.34. The molecule has 0 fully saturated rings. The molecule has 1 aromatic heterocycles. The van der Waals surface area contributed by atoms with Crippen molar-refractivity contribution in [2.75, 3.05) is 26.9 Å².